The highest BCUT2D eigenvalue weighted by Crippen LogP contribution is 2.34. The normalized spacial score (nSPS) is 12.2. The monoisotopic (exact) mass is 524 g/mol. The SMILES string of the molecule is CCOc1ccccc1N(CC(=O)N[C@@H](C)c1cc(C(C)C)c(OC)cc1C)S(=O)(=O)c1ccccc1. The zero-order chi connectivity index (χ0) is 27.2. The molecule has 0 fully saturated rings. The van der Waals surface area contributed by atoms with Crippen molar-refractivity contribution in [3.8, 4) is 11.5 Å². The number of para-hydroxylation sites is 2. The Morgan fingerprint density at radius 1 is 0.946 bits per heavy atom. The number of hydrogen-bond acceptors (Lipinski definition) is 5. The van der Waals surface area contributed by atoms with Gasteiger partial charge in [-0.25, -0.2) is 8.42 Å². The lowest BCUT2D eigenvalue weighted by atomic mass is 9.93. The third-order valence-corrected chi connectivity index (χ3v) is 7.91. The molecule has 0 aliphatic carbocycles. The second-order valence-corrected chi connectivity index (χ2v) is 11.0. The first-order valence-electron chi connectivity index (χ1n) is 12.4. The van der Waals surface area contributed by atoms with Gasteiger partial charge in [0, 0.05) is 0 Å². The van der Waals surface area contributed by atoms with Crippen LogP contribution in [0.5, 0.6) is 11.5 Å². The second-order valence-electron chi connectivity index (χ2n) is 9.12. The maximum atomic E-state index is 13.7. The molecule has 0 unspecified atom stereocenters. The van der Waals surface area contributed by atoms with Crippen LogP contribution in [0.3, 0.4) is 0 Å². The Labute approximate surface area is 220 Å². The molecule has 0 heterocycles. The van der Waals surface area contributed by atoms with Gasteiger partial charge < -0.3 is 14.8 Å². The van der Waals surface area contributed by atoms with E-state index in [2.05, 4.69) is 19.2 Å². The Balaban J connectivity index is 1.95. The van der Waals surface area contributed by atoms with E-state index in [4.69, 9.17) is 9.47 Å². The smallest absolute Gasteiger partial charge is 0.264 e. The second kappa shape index (κ2) is 12.1. The van der Waals surface area contributed by atoms with E-state index < -0.39 is 22.5 Å². The van der Waals surface area contributed by atoms with Gasteiger partial charge in [0.2, 0.25) is 5.91 Å². The van der Waals surface area contributed by atoms with Crippen molar-refractivity contribution in [1.29, 1.82) is 0 Å². The summed E-state index contributed by atoms with van der Waals surface area (Å²) in [5.74, 6) is 0.999. The first kappa shape index (κ1) is 28.1. The molecule has 1 amide bonds. The predicted octanol–water partition coefficient (Wildman–Crippen LogP) is 5.60. The van der Waals surface area contributed by atoms with Gasteiger partial charge in [-0.15, -0.1) is 0 Å². The number of carbonyl (C=O) groups excluding carboxylic acids is 1. The molecular formula is C29H36N2O5S. The summed E-state index contributed by atoms with van der Waals surface area (Å²) in [7, 11) is -2.40. The number of nitrogens with one attached hydrogen (secondary N) is 1. The summed E-state index contributed by atoms with van der Waals surface area (Å²) in [6, 6.07) is 18.6. The summed E-state index contributed by atoms with van der Waals surface area (Å²) in [6.45, 7) is 9.80. The number of nitrogens with zero attached hydrogens (tertiary/aromatic N) is 1. The summed E-state index contributed by atoms with van der Waals surface area (Å²) in [5.41, 5.74) is 3.27. The molecule has 3 rings (SSSR count). The fourth-order valence-corrected chi connectivity index (χ4v) is 5.72. The van der Waals surface area contributed by atoms with Gasteiger partial charge in [-0.3, -0.25) is 9.10 Å². The summed E-state index contributed by atoms with van der Waals surface area (Å²) >= 11 is 0. The summed E-state index contributed by atoms with van der Waals surface area (Å²) in [6.07, 6.45) is 0. The van der Waals surface area contributed by atoms with Gasteiger partial charge in [0.05, 0.1) is 30.3 Å². The minimum atomic E-state index is -4.05. The van der Waals surface area contributed by atoms with E-state index in [0.29, 0.717) is 18.0 Å². The fraction of sp³-hybridized carbons (Fsp3) is 0.345. The largest absolute Gasteiger partial charge is 0.496 e. The minimum absolute atomic E-state index is 0.0923. The molecule has 37 heavy (non-hydrogen) atoms. The molecule has 0 aromatic heterocycles. The molecule has 1 atom stereocenters. The third kappa shape index (κ3) is 6.43. The highest BCUT2D eigenvalue weighted by atomic mass is 32.2. The number of rotatable bonds is 11. The molecule has 0 spiro atoms. The van der Waals surface area contributed by atoms with Crippen molar-refractivity contribution in [3.05, 3.63) is 83.4 Å². The van der Waals surface area contributed by atoms with Crippen LogP contribution in [-0.4, -0.2) is 34.6 Å². The Morgan fingerprint density at radius 3 is 2.22 bits per heavy atom. The van der Waals surface area contributed by atoms with E-state index >= 15 is 0 Å². The first-order valence-corrected chi connectivity index (χ1v) is 13.8. The third-order valence-electron chi connectivity index (χ3n) is 6.14. The van der Waals surface area contributed by atoms with E-state index in [1.165, 1.54) is 12.1 Å². The maximum absolute atomic E-state index is 13.7. The van der Waals surface area contributed by atoms with Crippen molar-refractivity contribution in [2.24, 2.45) is 0 Å². The lowest BCUT2D eigenvalue weighted by molar-refractivity contribution is -0.120. The number of anilines is 1. The van der Waals surface area contributed by atoms with E-state index in [0.717, 1.165) is 26.7 Å². The molecule has 0 bridgehead atoms. The zero-order valence-corrected chi connectivity index (χ0v) is 23.1. The van der Waals surface area contributed by atoms with Crippen molar-refractivity contribution in [3.63, 3.8) is 0 Å². The zero-order valence-electron chi connectivity index (χ0n) is 22.3. The van der Waals surface area contributed by atoms with E-state index in [1.807, 2.05) is 32.9 Å². The number of methoxy groups -OCH3 is 1. The van der Waals surface area contributed by atoms with Gasteiger partial charge in [-0.1, -0.05) is 44.2 Å². The molecule has 8 heteroatoms. The minimum Gasteiger partial charge on any atom is -0.496 e. The first-order chi connectivity index (χ1) is 17.6. The molecule has 0 saturated heterocycles. The van der Waals surface area contributed by atoms with Crippen molar-refractivity contribution in [1.82, 2.24) is 5.32 Å². The summed E-state index contributed by atoms with van der Waals surface area (Å²) in [4.78, 5) is 13.4. The molecule has 0 aliphatic heterocycles. The average molecular weight is 525 g/mol. The van der Waals surface area contributed by atoms with Crippen LogP contribution in [0.15, 0.2) is 71.6 Å². The van der Waals surface area contributed by atoms with Crippen LogP contribution in [0.25, 0.3) is 0 Å². The lowest BCUT2D eigenvalue weighted by Gasteiger charge is -2.27. The molecule has 3 aromatic carbocycles. The van der Waals surface area contributed by atoms with Crippen LogP contribution in [0.4, 0.5) is 5.69 Å². The molecule has 7 nitrogen and oxygen atoms in total. The summed E-state index contributed by atoms with van der Waals surface area (Å²) < 4.78 is 39.8. The van der Waals surface area contributed by atoms with E-state index in [1.54, 1.807) is 49.6 Å². The van der Waals surface area contributed by atoms with Crippen molar-refractivity contribution >= 4 is 21.6 Å². The topological polar surface area (TPSA) is 84.9 Å². The Kier molecular flexibility index (Phi) is 9.21. The van der Waals surface area contributed by atoms with Crippen LogP contribution >= 0.6 is 0 Å². The number of benzene rings is 3. The molecule has 3 aromatic rings. The van der Waals surface area contributed by atoms with Gasteiger partial charge in [0.25, 0.3) is 10.0 Å². The quantitative estimate of drug-likeness (QED) is 0.353. The molecule has 0 aliphatic rings. The number of sulfonamides is 1. The fourth-order valence-electron chi connectivity index (χ4n) is 4.27. The highest BCUT2D eigenvalue weighted by Gasteiger charge is 2.30. The highest BCUT2D eigenvalue weighted by molar-refractivity contribution is 7.92. The van der Waals surface area contributed by atoms with Gasteiger partial charge in [-0.05, 0) is 79.8 Å². The van der Waals surface area contributed by atoms with E-state index in [-0.39, 0.29) is 16.9 Å². The van der Waals surface area contributed by atoms with Crippen molar-refractivity contribution in [2.75, 3.05) is 24.6 Å². The number of hydrogen-bond donors (Lipinski definition) is 1. The van der Waals surface area contributed by atoms with Crippen LogP contribution in [-0.2, 0) is 14.8 Å². The van der Waals surface area contributed by atoms with Gasteiger partial charge >= 0.3 is 0 Å². The number of carbonyl (C=O) groups is 1. The van der Waals surface area contributed by atoms with Crippen LogP contribution in [0.1, 0.15) is 56.3 Å². The molecule has 0 radical (unpaired) electrons. The number of amides is 1. The van der Waals surface area contributed by atoms with Gasteiger partial charge in [-0.2, -0.15) is 0 Å². The van der Waals surface area contributed by atoms with Crippen molar-refractivity contribution < 1.29 is 22.7 Å². The Hall–Kier alpha value is -3.52. The standard InChI is InChI=1S/C29H36N2O5S/c1-7-36-27-16-12-11-15-26(27)31(37(33,34)23-13-9-8-10-14-23)19-29(32)30-22(5)25-18-24(20(2)3)28(35-6)17-21(25)4/h8-18,20,22H,7,19H2,1-6H3,(H,30,32)/t22-/m0/s1. The number of ether oxygens (including phenoxy) is 2. The molecule has 1 N–H and O–H groups in total. The van der Waals surface area contributed by atoms with Gasteiger partial charge in [0.1, 0.15) is 18.0 Å². The van der Waals surface area contributed by atoms with Crippen LogP contribution < -0.4 is 19.1 Å². The average Bonchev–Trinajstić information content (AvgIpc) is 2.87. The maximum Gasteiger partial charge on any atom is 0.264 e. The molecule has 198 valence electrons. The lowest BCUT2D eigenvalue weighted by Crippen LogP contribution is -2.41. The molecule has 0 saturated carbocycles. The Bertz CT molecular complexity index is 1320. The van der Waals surface area contributed by atoms with E-state index in [9.17, 15) is 13.2 Å². The predicted molar refractivity (Wildman–Crippen MR) is 147 cm³/mol. The summed E-state index contributed by atoms with van der Waals surface area (Å²) in [5, 5.41) is 2.99. The van der Waals surface area contributed by atoms with Crippen LogP contribution in [0.2, 0.25) is 0 Å². The van der Waals surface area contributed by atoms with Crippen LogP contribution in [0, 0.1) is 6.92 Å². The van der Waals surface area contributed by atoms with Gasteiger partial charge in [0.15, 0.2) is 0 Å². The van der Waals surface area contributed by atoms with Crippen molar-refractivity contribution in [2.45, 2.75) is 51.5 Å². The molecular weight excluding hydrogens is 488 g/mol. The number of aryl methyl sites for hydroxylation is 1. The Morgan fingerprint density at radius 2 is 1.59 bits per heavy atom.